The molecule has 0 aromatic heterocycles. The van der Waals surface area contributed by atoms with Gasteiger partial charge < -0.3 is 11.1 Å². The first kappa shape index (κ1) is 12.8. The molecule has 1 amide bonds. The normalized spacial score (nSPS) is 20.8. The highest BCUT2D eigenvalue weighted by molar-refractivity contribution is 9.10. The molecule has 1 saturated heterocycles. The van der Waals surface area contributed by atoms with Crippen molar-refractivity contribution < 1.29 is 4.79 Å². The molecular weight excluding hydrogens is 300 g/mol. The van der Waals surface area contributed by atoms with E-state index in [1.807, 2.05) is 18.2 Å². The fourth-order valence-electron chi connectivity index (χ4n) is 1.79. The summed E-state index contributed by atoms with van der Waals surface area (Å²) in [7, 11) is 0. The van der Waals surface area contributed by atoms with Gasteiger partial charge in [0.2, 0.25) is 5.91 Å². The third-order valence-corrected chi connectivity index (χ3v) is 4.56. The summed E-state index contributed by atoms with van der Waals surface area (Å²) in [6.45, 7) is 0.795. The summed E-state index contributed by atoms with van der Waals surface area (Å²) in [5.74, 6) is 0.131. The quantitative estimate of drug-likeness (QED) is 0.825. The van der Waals surface area contributed by atoms with E-state index < -0.39 is 0 Å². The molecule has 1 fully saturated rings. The number of nitrogens with one attached hydrogen (secondary N) is 1. The van der Waals surface area contributed by atoms with E-state index >= 15 is 0 Å². The van der Waals surface area contributed by atoms with Crippen molar-refractivity contribution in [1.82, 2.24) is 5.32 Å². The lowest BCUT2D eigenvalue weighted by atomic mass is 10.2. The van der Waals surface area contributed by atoms with Crippen LogP contribution < -0.4 is 11.1 Å². The van der Waals surface area contributed by atoms with Crippen LogP contribution in [0, 0.1) is 0 Å². The molecule has 0 spiro atoms. The van der Waals surface area contributed by atoms with Crippen LogP contribution in [0.4, 0.5) is 5.69 Å². The van der Waals surface area contributed by atoms with Gasteiger partial charge in [-0.1, -0.05) is 22.4 Å². The average Bonchev–Trinajstić information content (AvgIpc) is 2.50. The van der Waals surface area contributed by atoms with Crippen LogP contribution in [0.2, 0.25) is 0 Å². The Balaban J connectivity index is 2.13. The SMILES string of the molecule is Nc1ccc(Br)cc1SC1CCCCNC1=O. The van der Waals surface area contributed by atoms with Crippen molar-refractivity contribution >= 4 is 39.3 Å². The molecule has 92 valence electrons. The van der Waals surface area contributed by atoms with E-state index in [0.717, 1.165) is 40.9 Å². The second-order valence-electron chi connectivity index (χ2n) is 4.08. The second kappa shape index (κ2) is 5.78. The van der Waals surface area contributed by atoms with Gasteiger partial charge in [-0.15, -0.1) is 11.8 Å². The number of nitrogens with two attached hydrogens (primary N) is 1. The van der Waals surface area contributed by atoms with E-state index in [1.54, 1.807) is 11.8 Å². The lowest BCUT2D eigenvalue weighted by Gasteiger charge is -2.14. The standard InChI is InChI=1S/C12H15BrN2OS/c13-8-4-5-9(14)11(7-8)17-10-3-1-2-6-15-12(10)16/h4-5,7,10H,1-3,6,14H2,(H,15,16). The Morgan fingerprint density at radius 2 is 2.24 bits per heavy atom. The molecule has 1 aliphatic heterocycles. The van der Waals surface area contributed by atoms with E-state index in [2.05, 4.69) is 21.2 Å². The zero-order chi connectivity index (χ0) is 12.3. The molecule has 5 heteroatoms. The molecule has 0 saturated carbocycles. The van der Waals surface area contributed by atoms with Gasteiger partial charge in [-0.05, 0) is 31.0 Å². The maximum Gasteiger partial charge on any atom is 0.233 e. The first-order valence-corrected chi connectivity index (χ1v) is 7.33. The predicted molar refractivity (Wildman–Crippen MR) is 75.1 cm³/mol. The zero-order valence-corrected chi connectivity index (χ0v) is 11.8. The van der Waals surface area contributed by atoms with Crippen LogP contribution in [0.3, 0.4) is 0 Å². The molecule has 3 nitrogen and oxygen atoms in total. The van der Waals surface area contributed by atoms with Gasteiger partial charge in [0.05, 0.1) is 5.25 Å². The Kier molecular flexibility index (Phi) is 4.34. The molecular formula is C12H15BrN2OS. The highest BCUT2D eigenvalue weighted by Gasteiger charge is 2.22. The van der Waals surface area contributed by atoms with Crippen molar-refractivity contribution in [3.63, 3.8) is 0 Å². The first-order chi connectivity index (χ1) is 8.16. The fourth-order valence-corrected chi connectivity index (χ4v) is 3.48. The van der Waals surface area contributed by atoms with Gasteiger partial charge in [0.1, 0.15) is 0 Å². The minimum Gasteiger partial charge on any atom is -0.398 e. The number of amides is 1. The van der Waals surface area contributed by atoms with Gasteiger partial charge in [0.15, 0.2) is 0 Å². The number of rotatable bonds is 2. The van der Waals surface area contributed by atoms with Gasteiger partial charge in [-0.3, -0.25) is 4.79 Å². The number of carbonyl (C=O) groups is 1. The molecule has 2 rings (SSSR count). The molecule has 0 radical (unpaired) electrons. The van der Waals surface area contributed by atoms with Crippen LogP contribution in [0.1, 0.15) is 19.3 Å². The minimum absolute atomic E-state index is 0.0194. The van der Waals surface area contributed by atoms with Gasteiger partial charge in [-0.2, -0.15) is 0 Å². The summed E-state index contributed by atoms with van der Waals surface area (Å²) < 4.78 is 0.989. The van der Waals surface area contributed by atoms with E-state index in [0.29, 0.717) is 0 Å². The lowest BCUT2D eigenvalue weighted by Crippen LogP contribution is -2.30. The lowest BCUT2D eigenvalue weighted by molar-refractivity contribution is -0.120. The number of benzene rings is 1. The second-order valence-corrected chi connectivity index (χ2v) is 6.24. The summed E-state index contributed by atoms with van der Waals surface area (Å²) >= 11 is 4.98. The Labute approximate surface area is 114 Å². The number of carbonyl (C=O) groups excluding carboxylic acids is 1. The Hall–Kier alpha value is -0.680. The van der Waals surface area contributed by atoms with Gasteiger partial charge in [0, 0.05) is 21.6 Å². The molecule has 1 aromatic rings. The molecule has 0 bridgehead atoms. The van der Waals surface area contributed by atoms with Gasteiger partial charge in [0.25, 0.3) is 0 Å². The molecule has 1 aromatic carbocycles. The molecule has 1 unspecified atom stereocenters. The Morgan fingerprint density at radius 1 is 1.41 bits per heavy atom. The maximum atomic E-state index is 11.8. The summed E-state index contributed by atoms with van der Waals surface area (Å²) in [5, 5.41) is 2.92. The van der Waals surface area contributed by atoms with E-state index in [4.69, 9.17) is 5.73 Å². The third-order valence-electron chi connectivity index (χ3n) is 2.73. The van der Waals surface area contributed by atoms with Crippen LogP contribution in [0.25, 0.3) is 0 Å². The topological polar surface area (TPSA) is 55.1 Å². The molecule has 1 heterocycles. The number of nitrogen functional groups attached to an aromatic ring is 1. The summed E-state index contributed by atoms with van der Waals surface area (Å²) in [6.07, 6.45) is 3.07. The fraction of sp³-hybridized carbons (Fsp3) is 0.417. The highest BCUT2D eigenvalue weighted by Crippen LogP contribution is 2.33. The predicted octanol–water partition coefficient (Wildman–Crippen LogP) is 2.79. The number of thioether (sulfide) groups is 1. The molecule has 17 heavy (non-hydrogen) atoms. The first-order valence-electron chi connectivity index (χ1n) is 5.66. The Morgan fingerprint density at radius 3 is 3.06 bits per heavy atom. The number of anilines is 1. The average molecular weight is 315 g/mol. The number of halogens is 1. The molecule has 3 N–H and O–H groups in total. The monoisotopic (exact) mass is 314 g/mol. The maximum absolute atomic E-state index is 11.8. The van der Waals surface area contributed by atoms with Gasteiger partial charge in [-0.25, -0.2) is 0 Å². The number of hydrogen-bond donors (Lipinski definition) is 2. The van der Waals surface area contributed by atoms with Gasteiger partial charge >= 0.3 is 0 Å². The summed E-state index contributed by atoms with van der Waals surface area (Å²) in [4.78, 5) is 12.8. The molecule has 1 aliphatic rings. The summed E-state index contributed by atoms with van der Waals surface area (Å²) in [5.41, 5.74) is 6.65. The van der Waals surface area contributed by atoms with Crippen molar-refractivity contribution in [1.29, 1.82) is 0 Å². The van der Waals surface area contributed by atoms with Crippen LogP contribution in [0.5, 0.6) is 0 Å². The zero-order valence-electron chi connectivity index (χ0n) is 9.41. The van der Waals surface area contributed by atoms with Crippen LogP contribution in [0.15, 0.2) is 27.6 Å². The van der Waals surface area contributed by atoms with Crippen molar-refractivity contribution in [2.75, 3.05) is 12.3 Å². The van der Waals surface area contributed by atoms with Crippen molar-refractivity contribution in [3.05, 3.63) is 22.7 Å². The van der Waals surface area contributed by atoms with Crippen LogP contribution in [-0.4, -0.2) is 17.7 Å². The van der Waals surface area contributed by atoms with Crippen molar-refractivity contribution in [3.8, 4) is 0 Å². The number of hydrogen-bond acceptors (Lipinski definition) is 3. The van der Waals surface area contributed by atoms with E-state index in [9.17, 15) is 4.79 Å². The van der Waals surface area contributed by atoms with E-state index in [-0.39, 0.29) is 11.2 Å². The third kappa shape index (κ3) is 3.39. The summed E-state index contributed by atoms with van der Waals surface area (Å²) in [6, 6.07) is 5.74. The smallest absolute Gasteiger partial charge is 0.233 e. The van der Waals surface area contributed by atoms with E-state index in [1.165, 1.54) is 0 Å². The minimum atomic E-state index is -0.0194. The molecule has 0 aliphatic carbocycles. The van der Waals surface area contributed by atoms with Crippen LogP contribution in [-0.2, 0) is 4.79 Å². The van der Waals surface area contributed by atoms with Crippen molar-refractivity contribution in [2.45, 2.75) is 29.4 Å². The highest BCUT2D eigenvalue weighted by atomic mass is 79.9. The largest absolute Gasteiger partial charge is 0.398 e. The molecule has 1 atom stereocenters. The van der Waals surface area contributed by atoms with Crippen LogP contribution >= 0.6 is 27.7 Å². The van der Waals surface area contributed by atoms with Crippen molar-refractivity contribution in [2.24, 2.45) is 0 Å². The Bertz CT molecular complexity index is 425.